The minimum Gasteiger partial charge on any atom is -0.497 e. The number of carbonyl (C=O) groups excluding carboxylic acids is 1. The second-order valence-corrected chi connectivity index (χ2v) is 6.85. The largest absolute Gasteiger partial charge is 0.497 e. The van der Waals surface area contributed by atoms with Crippen molar-refractivity contribution in [3.05, 3.63) is 98.6 Å². The highest BCUT2D eigenvalue weighted by Crippen LogP contribution is 2.49. The zero-order valence-corrected chi connectivity index (χ0v) is 15.3. The molecule has 1 aliphatic carbocycles. The van der Waals surface area contributed by atoms with Crippen molar-refractivity contribution in [3.8, 4) is 11.5 Å². The van der Waals surface area contributed by atoms with E-state index >= 15 is 0 Å². The molecule has 0 N–H and O–H groups in total. The van der Waals surface area contributed by atoms with Crippen LogP contribution in [0.1, 0.15) is 38.7 Å². The third kappa shape index (κ3) is 2.26. The molecule has 5 heteroatoms. The van der Waals surface area contributed by atoms with E-state index in [2.05, 4.69) is 0 Å². The Morgan fingerprint density at radius 2 is 1.68 bits per heavy atom. The van der Waals surface area contributed by atoms with Crippen molar-refractivity contribution >= 4 is 11.5 Å². The number of allylic oxidation sites excluding steroid dienone is 1. The van der Waals surface area contributed by atoms with Crippen LogP contribution in [-0.2, 0) is 0 Å². The fraction of sp³-hybridized carbons (Fsp3) is 0.130. The summed E-state index contributed by atoms with van der Waals surface area (Å²) in [5.41, 5.74) is 2.45. The summed E-state index contributed by atoms with van der Waals surface area (Å²) in [6, 6.07) is 16.4. The summed E-state index contributed by atoms with van der Waals surface area (Å²) in [5, 5.41) is 0. The Kier molecular flexibility index (Phi) is 3.52. The molecule has 5 rings (SSSR count). The van der Waals surface area contributed by atoms with Crippen LogP contribution in [-0.4, -0.2) is 12.9 Å². The zero-order chi connectivity index (χ0) is 19.4. The normalized spacial score (nSPS) is 16.9. The number of hydrogen-bond donors (Lipinski definition) is 0. The van der Waals surface area contributed by atoms with Gasteiger partial charge in [0.15, 0.2) is 5.78 Å². The zero-order valence-electron chi connectivity index (χ0n) is 15.3. The Hall–Kier alpha value is -3.60. The van der Waals surface area contributed by atoms with Crippen LogP contribution < -0.4 is 15.1 Å². The maximum absolute atomic E-state index is 13.2. The number of carbonyl (C=O) groups is 1. The molecule has 1 aliphatic heterocycles. The van der Waals surface area contributed by atoms with Gasteiger partial charge in [0.1, 0.15) is 23.0 Å². The van der Waals surface area contributed by atoms with Crippen LogP contribution in [0.15, 0.2) is 69.4 Å². The fourth-order valence-corrected chi connectivity index (χ4v) is 3.97. The molecule has 0 amide bonds. The fourth-order valence-electron chi connectivity index (χ4n) is 3.97. The van der Waals surface area contributed by atoms with Crippen LogP contribution in [0.4, 0.5) is 0 Å². The van der Waals surface area contributed by atoms with Crippen molar-refractivity contribution in [2.75, 3.05) is 7.11 Å². The summed E-state index contributed by atoms with van der Waals surface area (Å²) >= 11 is 0. The van der Waals surface area contributed by atoms with Crippen molar-refractivity contribution in [2.45, 2.75) is 12.8 Å². The second kappa shape index (κ2) is 5.96. The highest BCUT2D eigenvalue weighted by Gasteiger charge is 2.43. The molecule has 28 heavy (non-hydrogen) atoms. The average molecular weight is 372 g/mol. The molecule has 0 radical (unpaired) electrons. The monoisotopic (exact) mass is 372 g/mol. The Morgan fingerprint density at radius 3 is 2.39 bits per heavy atom. The number of ether oxygens (including phenoxy) is 2. The molecule has 1 unspecified atom stereocenters. The summed E-state index contributed by atoms with van der Waals surface area (Å²) in [6.07, 6.45) is 0. The van der Waals surface area contributed by atoms with Gasteiger partial charge >= 0.3 is 5.63 Å². The van der Waals surface area contributed by atoms with Gasteiger partial charge in [-0.1, -0.05) is 36.4 Å². The third-order valence-corrected chi connectivity index (χ3v) is 5.22. The van der Waals surface area contributed by atoms with Crippen LogP contribution >= 0.6 is 0 Å². The molecule has 0 fully saturated rings. The predicted octanol–water partition coefficient (Wildman–Crippen LogP) is 4.09. The van der Waals surface area contributed by atoms with Crippen molar-refractivity contribution in [1.29, 1.82) is 0 Å². The van der Waals surface area contributed by atoms with E-state index in [0.29, 0.717) is 39.7 Å². The van der Waals surface area contributed by atoms with Gasteiger partial charge in [0.2, 0.25) is 0 Å². The van der Waals surface area contributed by atoms with Crippen LogP contribution in [0.5, 0.6) is 11.5 Å². The molecule has 0 saturated heterocycles. The molecule has 5 nitrogen and oxygen atoms in total. The Bertz CT molecular complexity index is 1210. The van der Waals surface area contributed by atoms with E-state index in [1.165, 1.54) is 0 Å². The molecule has 0 saturated carbocycles. The molecule has 1 aromatic heterocycles. The highest BCUT2D eigenvalue weighted by molar-refractivity contribution is 6.21. The van der Waals surface area contributed by atoms with Crippen LogP contribution in [0, 0.1) is 6.92 Å². The smallest absolute Gasteiger partial charge is 0.343 e. The molecule has 1 atom stereocenters. The lowest BCUT2D eigenvalue weighted by atomic mass is 9.82. The van der Waals surface area contributed by atoms with Gasteiger partial charge in [0, 0.05) is 17.2 Å². The number of Topliss-reactive ketones (excluding diaryl/α,β-unsaturated/α-hetero) is 1. The first kappa shape index (κ1) is 16.6. The topological polar surface area (TPSA) is 65.7 Å². The number of hydrogen-bond acceptors (Lipinski definition) is 5. The van der Waals surface area contributed by atoms with E-state index in [0.717, 1.165) is 11.1 Å². The Morgan fingerprint density at radius 1 is 0.964 bits per heavy atom. The SMILES string of the molecule is COc1ccc(C2C3=C(Oc4cc(C)oc(=O)c42)c2ccccc2C3=O)cc1. The Balaban J connectivity index is 1.79. The van der Waals surface area contributed by atoms with Crippen LogP contribution in [0.3, 0.4) is 0 Å². The lowest BCUT2D eigenvalue weighted by Gasteiger charge is -2.26. The maximum Gasteiger partial charge on any atom is 0.343 e. The van der Waals surface area contributed by atoms with Crippen molar-refractivity contribution in [3.63, 3.8) is 0 Å². The molecular weight excluding hydrogens is 356 g/mol. The Labute approximate surface area is 160 Å². The average Bonchev–Trinajstić information content (AvgIpc) is 2.99. The van der Waals surface area contributed by atoms with Gasteiger partial charge in [-0.3, -0.25) is 4.79 Å². The highest BCUT2D eigenvalue weighted by atomic mass is 16.5. The van der Waals surface area contributed by atoms with Gasteiger partial charge in [0.25, 0.3) is 0 Å². The molecule has 2 aliphatic rings. The lowest BCUT2D eigenvalue weighted by Crippen LogP contribution is -2.24. The number of benzene rings is 2. The van der Waals surface area contributed by atoms with E-state index in [1.54, 1.807) is 26.2 Å². The minimum atomic E-state index is -0.568. The number of rotatable bonds is 2. The quantitative estimate of drug-likeness (QED) is 0.678. The molecule has 2 aromatic carbocycles. The molecule has 138 valence electrons. The standard InChI is InChI=1S/C23H16O5/c1-12-11-17-19(23(25)27-12)18(13-7-9-14(26-2)10-8-13)20-21(24)15-5-3-4-6-16(15)22(20)28-17/h3-11,18H,1-2H3. The van der Waals surface area contributed by atoms with Crippen LogP contribution in [0.25, 0.3) is 5.76 Å². The van der Waals surface area contributed by atoms with Gasteiger partial charge in [-0.05, 0) is 24.6 Å². The number of fused-ring (bicyclic) bond motifs is 3. The third-order valence-electron chi connectivity index (χ3n) is 5.22. The molecule has 0 spiro atoms. The number of ketones is 1. The van der Waals surface area contributed by atoms with Gasteiger partial charge in [-0.2, -0.15) is 0 Å². The molecular formula is C23H16O5. The first-order valence-corrected chi connectivity index (χ1v) is 8.93. The summed E-state index contributed by atoms with van der Waals surface area (Å²) in [7, 11) is 1.59. The van der Waals surface area contributed by atoms with Gasteiger partial charge in [0.05, 0.1) is 24.2 Å². The molecule has 0 bridgehead atoms. The maximum atomic E-state index is 13.2. The van der Waals surface area contributed by atoms with Gasteiger partial charge in [-0.15, -0.1) is 0 Å². The van der Waals surface area contributed by atoms with Gasteiger partial charge < -0.3 is 13.9 Å². The van der Waals surface area contributed by atoms with Gasteiger partial charge in [-0.25, -0.2) is 4.79 Å². The lowest BCUT2D eigenvalue weighted by molar-refractivity contribution is 0.103. The molecule has 3 aromatic rings. The number of methoxy groups -OCH3 is 1. The number of aryl methyl sites for hydroxylation is 1. The van der Waals surface area contributed by atoms with E-state index in [-0.39, 0.29) is 5.78 Å². The predicted molar refractivity (Wildman–Crippen MR) is 103 cm³/mol. The summed E-state index contributed by atoms with van der Waals surface area (Å²) in [6.45, 7) is 1.70. The second-order valence-electron chi connectivity index (χ2n) is 6.85. The summed E-state index contributed by atoms with van der Waals surface area (Å²) < 4.78 is 16.7. The van der Waals surface area contributed by atoms with E-state index in [9.17, 15) is 9.59 Å². The summed E-state index contributed by atoms with van der Waals surface area (Å²) in [5.74, 6) is 1.40. The van der Waals surface area contributed by atoms with Crippen molar-refractivity contribution in [1.82, 2.24) is 0 Å². The van der Waals surface area contributed by atoms with E-state index in [1.807, 2.05) is 42.5 Å². The summed E-state index contributed by atoms with van der Waals surface area (Å²) in [4.78, 5) is 26.0. The first-order chi connectivity index (χ1) is 13.6. The van der Waals surface area contributed by atoms with Crippen molar-refractivity contribution < 1.29 is 18.7 Å². The first-order valence-electron chi connectivity index (χ1n) is 8.93. The van der Waals surface area contributed by atoms with E-state index in [4.69, 9.17) is 13.9 Å². The van der Waals surface area contributed by atoms with Crippen LogP contribution in [0.2, 0.25) is 0 Å². The van der Waals surface area contributed by atoms with Crippen molar-refractivity contribution in [2.24, 2.45) is 0 Å². The molecule has 2 heterocycles. The van der Waals surface area contributed by atoms with E-state index < -0.39 is 11.5 Å². The minimum absolute atomic E-state index is 0.128.